The second kappa shape index (κ2) is 7.57. The molecule has 0 spiro atoms. The number of rotatable bonds is 4. The van der Waals surface area contributed by atoms with Crippen molar-refractivity contribution in [2.45, 2.75) is 36.5 Å². The number of carbonyl (C=O) groups excluding carboxylic acids is 2. The summed E-state index contributed by atoms with van der Waals surface area (Å²) in [4.78, 5) is 25.1. The minimum Gasteiger partial charge on any atom is -0.464 e. The highest BCUT2D eigenvalue weighted by molar-refractivity contribution is 6.67. The van der Waals surface area contributed by atoms with Gasteiger partial charge in [-0.3, -0.25) is 4.90 Å². The monoisotopic (exact) mass is 345 g/mol. The number of carbonyl (C=O) groups is 2. The third-order valence-electron chi connectivity index (χ3n) is 2.68. The summed E-state index contributed by atoms with van der Waals surface area (Å²) in [5, 5.41) is 0. The van der Waals surface area contributed by atoms with Gasteiger partial charge in [-0.2, -0.15) is 0 Å². The quantitative estimate of drug-likeness (QED) is 0.579. The van der Waals surface area contributed by atoms with Gasteiger partial charge in [0.2, 0.25) is 3.79 Å². The maximum Gasteiger partial charge on any atom is 0.410 e. The van der Waals surface area contributed by atoms with Gasteiger partial charge in [-0.1, -0.05) is 48.7 Å². The molecule has 1 aliphatic heterocycles. The van der Waals surface area contributed by atoms with Crippen LogP contribution in [0.25, 0.3) is 0 Å². The molecular formula is C12H18Cl3NO4. The zero-order valence-corrected chi connectivity index (χ0v) is 13.7. The average molecular weight is 347 g/mol. The first-order valence-corrected chi connectivity index (χ1v) is 7.51. The van der Waals surface area contributed by atoms with Gasteiger partial charge in [0, 0.05) is 6.54 Å². The molecule has 1 amide bonds. The van der Waals surface area contributed by atoms with Crippen molar-refractivity contribution in [3.63, 3.8) is 0 Å². The molecule has 1 rings (SSSR count). The van der Waals surface area contributed by atoms with E-state index >= 15 is 0 Å². The van der Waals surface area contributed by atoms with E-state index in [9.17, 15) is 9.59 Å². The van der Waals surface area contributed by atoms with Gasteiger partial charge in [-0.05, 0) is 18.8 Å². The van der Waals surface area contributed by atoms with E-state index in [0.29, 0.717) is 26.0 Å². The molecule has 1 heterocycles. The fourth-order valence-electron chi connectivity index (χ4n) is 1.80. The first-order valence-electron chi connectivity index (χ1n) is 6.37. The molecule has 0 aromatic rings. The van der Waals surface area contributed by atoms with Crippen molar-refractivity contribution in [2.24, 2.45) is 5.92 Å². The summed E-state index contributed by atoms with van der Waals surface area (Å²) in [7, 11) is 0. The van der Waals surface area contributed by atoms with Crippen molar-refractivity contribution in [3.8, 4) is 0 Å². The molecule has 0 radical (unpaired) electrons. The molecule has 0 aliphatic carbocycles. The molecule has 1 saturated heterocycles. The molecule has 0 aromatic heterocycles. The molecule has 0 aromatic carbocycles. The van der Waals surface area contributed by atoms with Crippen molar-refractivity contribution in [1.29, 1.82) is 0 Å². The van der Waals surface area contributed by atoms with Crippen LogP contribution in [0.4, 0.5) is 4.79 Å². The number of likely N-dealkylation sites (tertiary alicyclic amines) is 1. The zero-order chi connectivity index (χ0) is 15.3. The fraction of sp³-hybridized carbons (Fsp3) is 0.833. The highest BCUT2D eigenvalue weighted by Crippen LogP contribution is 2.27. The summed E-state index contributed by atoms with van der Waals surface area (Å²) in [5.74, 6) is -0.174. The Morgan fingerprint density at radius 1 is 1.30 bits per heavy atom. The first kappa shape index (κ1) is 17.7. The third kappa shape index (κ3) is 5.94. The number of esters is 1. The Morgan fingerprint density at radius 3 is 2.50 bits per heavy atom. The van der Waals surface area contributed by atoms with Gasteiger partial charge in [0.25, 0.3) is 0 Å². The molecule has 20 heavy (non-hydrogen) atoms. The molecule has 0 saturated carbocycles. The standard InChI is InChI=1S/C12H18Cl3NO4/c1-8(2)6-19-10(17)9-4-3-5-16(9)11(18)20-7-12(13,14)15/h8-9H,3-7H2,1-2H3. The lowest BCUT2D eigenvalue weighted by atomic mass is 10.2. The Morgan fingerprint density at radius 2 is 1.95 bits per heavy atom. The summed E-state index contributed by atoms with van der Waals surface area (Å²) in [6, 6.07) is -0.614. The minimum atomic E-state index is -1.66. The summed E-state index contributed by atoms with van der Waals surface area (Å²) >= 11 is 16.5. The van der Waals surface area contributed by atoms with Crippen molar-refractivity contribution in [3.05, 3.63) is 0 Å². The van der Waals surface area contributed by atoms with E-state index in [0.717, 1.165) is 0 Å². The van der Waals surface area contributed by atoms with Crippen LogP contribution in [0.3, 0.4) is 0 Å². The van der Waals surface area contributed by atoms with Gasteiger partial charge in [0.1, 0.15) is 12.6 Å². The molecule has 1 atom stereocenters. The summed E-state index contributed by atoms with van der Waals surface area (Å²) < 4.78 is 8.36. The Hall–Kier alpha value is -0.390. The van der Waals surface area contributed by atoms with Crippen molar-refractivity contribution in [1.82, 2.24) is 4.90 Å². The van der Waals surface area contributed by atoms with Crippen molar-refractivity contribution in [2.75, 3.05) is 19.8 Å². The molecular weight excluding hydrogens is 328 g/mol. The molecule has 8 heteroatoms. The maximum absolute atomic E-state index is 11.9. The van der Waals surface area contributed by atoms with Crippen LogP contribution in [0.2, 0.25) is 0 Å². The van der Waals surface area contributed by atoms with Crippen LogP contribution in [-0.2, 0) is 14.3 Å². The lowest BCUT2D eigenvalue weighted by molar-refractivity contribution is -0.149. The minimum absolute atomic E-state index is 0.241. The summed E-state index contributed by atoms with van der Waals surface area (Å²) in [5.41, 5.74) is 0. The largest absolute Gasteiger partial charge is 0.464 e. The summed E-state index contributed by atoms with van der Waals surface area (Å²) in [6.45, 7) is 4.27. The van der Waals surface area contributed by atoms with E-state index in [1.54, 1.807) is 0 Å². The molecule has 116 valence electrons. The van der Waals surface area contributed by atoms with Crippen molar-refractivity contribution < 1.29 is 19.1 Å². The second-order valence-corrected chi connectivity index (χ2v) is 7.56. The van der Waals surface area contributed by atoms with E-state index < -0.39 is 21.9 Å². The van der Waals surface area contributed by atoms with E-state index in [1.165, 1.54) is 4.90 Å². The molecule has 1 unspecified atom stereocenters. The molecule has 5 nitrogen and oxygen atoms in total. The average Bonchev–Trinajstić information content (AvgIpc) is 2.81. The molecule has 0 N–H and O–H groups in total. The van der Waals surface area contributed by atoms with Crippen LogP contribution in [0.5, 0.6) is 0 Å². The summed E-state index contributed by atoms with van der Waals surface area (Å²) in [6.07, 6.45) is 0.602. The van der Waals surface area contributed by atoms with Gasteiger partial charge in [-0.25, -0.2) is 9.59 Å². The molecule has 1 fully saturated rings. The Labute approximate surface area is 133 Å². The van der Waals surface area contributed by atoms with Gasteiger partial charge < -0.3 is 9.47 Å². The van der Waals surface area contributed by atoms with Gasteiger partial charge in [-0.15, -0.1) is 0 Å². The molecule has 1 aliphatic rings. The van der Waals surface area contributed by atoms with Gasteiger partial charge in [0.15, 0.2) is 0 Å². The van der Waals surface area contributed by atoms with Crippen LogP contribution >= 0.6 is 34.8 Å². The second-order valence-electron chi connectivity index (χ2n) is 5.05. The van der Waals surface area contributed by atoms with E-state index in [2.05, 4.69) is 0 Å². The SMILES string of the molecule is CC(C)COC(=O)C1CCCN1C(=O)OCC(Cl)(Cl)Cl. The first-order chi connectivity index (χ1) is 9.20. The zero-order valence-electron chi connectivity index (χ0n) is 11.4. The lowest BCUT2D eigenvalue weighted by Crippen LogP contribution is -2.42. The van der Waals surface area contributed by atoms with Gasteiger partial charge >= 0.3 is 12.1 Å². The Kier molecular flexibility index (Phi) is 6.69. The number of nitrogens with zero attached hydrogens (tertiary/aromatic N) is 1. The topological polar surface area (TPSA) is 55.8 Å². The van der Waals surface area contributed by atoms with Crippen LogP contribution in [0.1, 0.15) is 26.7 Å². The predicted molar refractivity (Wildman–Crippen MR) is 77.2 cm³/mol. The maximum atomic E-state index is 11.9. The smallest absolute Gasteiger partial charge is 0.410 e. The Balaban J connectivity index is 2.51. The number of halogens is 3. The van der Waals surface area contributed by atoms with E-state index in [1.807, 2.05) is 13.8 Å². The van der Waals surface area contributed by atoms with Crippen LogP contribution in [0.15, 0.2) is 0 Å². The van der Waals surface area contributed by atoms with Gasteiger partial charge in [0.05, 0.1) is 6.61 Å². The number of alkyl halides is 3. The lowest BCUT2D eigenvalue weighted by Gasteiger charge is -2.23. The predicted octanol–water partition coefficient (Wildman–Crippen LogP) is 3.16. The number of amides is 1. The fourth-order valence-corrected chi connectivity index (χ4v) is 1.97. The Bertz CT molecular complexity index is 357. The van der Waals surface area contributed by atoms with Crippen LogP contribution < -0.4 is 0 Å². The highest BCUT2D eigenvalue weighted by atomic mass is 35.6. The van der Waals surface area contributed by atoms with Crippen LogP contribution in [-0.4, -0.2) is 46.6 Å². The van der Waals surface area contributed by atoms with Crippen LogP contribution in [0, 0.1) is 5.92 Å². The highest BCUT2D eigenvalue weighted by Gasteiger charge is 2.37. The van der Waals surface area contributed by atoms with E-state index in [4.69, 9.17) is 44.3 Å². The number of ether oxygens (including phenoxy) is 2. The number of hydrogen-bond acceptors (Lipinski definition) is 4. The third-order valence-corrected chi connectivity index (χ3v) is 3.00. The normalized spacial score (nSPS) is 19.3. The number of hydrogen-bond donors (Lipinski definition) is 0. The van der Waals surface area contributed by atoms with E-state index in [-0.39, 0.29) is 12.5 Å². The van der Waals surface area contributed by atoms with Crippen molar-refractivity contribution >= 4 is 46.9 Å². The molecule has 0 bridgehead atoms.